The normalized spacial score (nSPS) is 16.9. The van der Waals surface area contributed by atoms with Gasteiger partial charge in [-0.25, -0.2) is 4.79 Å². The summed E-state index contributed by atoms with van der Waals surface area (Å²) in [6.45, 7) is 3.29. The molecule has 0 amide bonds. The Bertz CT molecular complexity index is 416. The third kappa shape index (κ3) is 2.92. The molecule has 1 N–H and O–H groups in total. The second kappa shape index (κ2) is 5.11. The molecule has 1 aliphatic heterocycles. The van der Waals surface area contributed by atoms with Gasteiger partial charge in [0.1, 0.15) is 0 Å². The van der Waals surface area contributed by atoms with Crippen molar-refractivity contribution < 1.29 is 19.7 Å². The first-order valence-corrected chi connectivity index (χ1v) is 5.36. The van der Waals surface area contributed by atoms with Gasteiger partial charge < -0.3 is 14.9 Å². The molecule has 2 rings (SSSR count). The summed E-state index contributed by atoms with van der Waals surface area (Å²) >= 11 is 0. The molecule has 2 heterocycles. The molecule has 0 aromatic carbocycles. The number of hydrogen-bond donors (Lipinski definition) is 1. The summed E-state index contributed by atoms with van der Waals surface area (Å²) in [4.78, 5) is 16.6. The SMILES string of the molecule is O=C(O)c1cnc(CN2CCOCC2)c([O-])c1. The number of pyridine rings is 1. The smallest absolute Gasteiger partial charge is 0.337 e. The number of rotatable bonds is 3. The van der Waals surface area contributed by atoms with Crippen molar-refractivity contribution in [3.63, 3.8) is 0 Å². The summed E-state index contributed by atoms with van der Waals surface area (Å²) in [5, 5.41) is 20.4. The third-order valence-corrected chi connectivity index (χ3v) is 2.65. The second-order valence-electron chi connectivity index (χ2n) is 3.86. The van der Waals surface area contributed by atoms with Crippen LogP contribution in [0.4, 0.5) is 0 Å². The molecule has 0 atom stereocenters. The molecule has 1 fully saturated rings. The van der Waals surface area contributed by atoms with Crippen molar-refractivity contribution in [2.75, 3.05) is 26.3 Å². The van der Waals surface area contributed by atoms with E-state index in [1.807, 2.05) is 0 Å². The van der Waals surface area contributed by atoms with E-state index in [1.165, 1.54) is 6.20 Å². The Labute approximate surface area is 98.5 Å². The van der Waals surface area contributed by atoms with Gasteiger partial charge in [-0.15, -0.1) is 0 Å². The van der Waals surface area contributed by atoms with E-state index in [1.54, 1.807) is 0 Å². The number of hydrogen-bond acceptors (Lipinski definition) is 5. The Morgan fingerprint density at radius 2 is 2.24 bits per heavy atom. The maximum absolute atomic E-state index is 11.6. The zero-order valence-corrected chi connectivity index (χ0v) is 9.26. The van der Waals surface area contributed by atoms with E-state index in [0.717, 1.165) is 19.2 Å². The molecule has 1 saturated heterocycles. The molecule has 0 saturated carbocycles. The lowest BCUT2D eigenvalue weighted by atomic mass is 10.2. The molecule has 1 aromatic heterocycles. The largest absolute Gasteiger partial charge is 0.871 e. The molecule has 6 nitrogen and oxygen atoms in total. The second-order valence-corrected chi connectivity index (χ2v) is 3.86. The highest BCUT2D eigenvalue weighted by atomic mass is 16.5. The van der Waals surface area contributed by atoms with Gasteiger partial charge in [-0.2, -0.15) is 0 Å². The lowest BCUT2D eigenvalue weighted by Crippen LogP contribution is -2.36. The summed E-state index contributed by atoms with van der Waals surface area (Å²) in [6.07, 6.45) is 1.22. The number of morpholine rings is 1. The fourth-order valence-electron chi connectivity index (χ4n) is 1.68. The fourth-order valence-corrected chi connectivity index (χ4v) is 1.68. The molecule has 17 heavy (non-hydrogen) atoms. The molecule has 0 unspecified atom stereocenters. The van der Waals surface area contributed by atoms with Crippen LogP contribution in [0, 0.1) is 0 Å². The number of carboxylic acid groups (broad SMARTS) is 1. The van der Waals surface area contributed by atoms with Crippen LogP contribution in [0.25, 0.3) is 0 Å². The van der Waals surface area contributed by atoms with E-state index in [0.29, 0.717) is 25.5 Å². The van der Waals surface area contributed by atoms with Gasteiger partial charge in [0, 0.05) is 31.5 Å². The van der Waals surface area contributed by atoms with Gasteiger partial charge in [-0.1, -0.05) is 11.8 Å². The van der Waals surface area contributed by atoms with E-state index >= 15 is 0 Å². The number of aromatic carboxylic acids is 1. The van der Waals surface area contributed by atoms with Crippen molar-refractivity contribution in [1.82, 2.24) is 9.88 Å². The first-order valence-electron chi connectivity index (χ1n) is 5.36. The van der Waals surface area contributed by atoms with Crippen LogP contribution in [0.5, 0.6) is 5.75 Å². The van der Waals surface area contributed by atoms with E-state index in [9.17, 15) is 9.90 Å². The van der Waals surface area contributed by atoms with Gasteiger partial charge in [0.15, 0.2) is 0 Å². The number of nitrogens with zero attached hydrogens (tertiary/aromatic N) is 2. The Kier molecular flexibility index (Phi) is 3.55. The minimum absolute atomic E-state index is 0.0688. The molecule has 0 bridgehead atoms. The highest BCUT2D eigenvalue weighted by Crippen LogP contribution is 2.15. The minimum Gasteiger partial charge on any atom is -0.871 e. The van der Waals surface area contributed by atoms with Crippen molar-refractivity contribution in [1.29, 1.82) is 0 Å². The average molecular weight is 237 g/mol. The number of aromatic nitrogens is 1. The number of carboxylic acids is 1. The van der Waals surface area contributed by atoms with E-state index in [2.05, 4.69) is 9.88 Å². The quantitative estimate of drug-likeness (QED) is 0.775. The number of carbonyl (C=O) groups is 1. The first kappa shape index (κ1) is 11.8. The van der Waals surface area contributed by atoms with Gasteiger partial charge in [-0.05, 0) is 0 Å². The van der Waals surface area contributed by atoms with Crippen LogP contribution in [0.1, 0.15) is 16.1 Å². The Balaban J connectivity index is 2.08. The monoisotopic (exact) mass is 237 g/mol. The fraction of sp³-hybridized carbons (Fsp3) is 0.455. The predicted octanol–water partition coefficient (Wildman–Crippen LogP) is -0.314. The summed E-state index contributed by atoms with van der Waals surface area (Å²) in [5.74, 6) is -1.45. The van der Waals surface area contributed by atoms with Crippen molar-refractivity contribution in [3.8, 4) is 5.75 Å². The molecule has 0 aliphatic carbocycles. The molecule has 0 spiro atoms. The van der Waals surface area contributed by atoms with Crippen LogP contribution in [0.2, 0.25) is 0 Å². The zero-order chi connectivity index (χ0) is 12.3. The summed E-state index contributed by atoms with van der Waals surface area (Å²) in [6, 6.07) is 1.12. The van der Waals surface area contributed by atoms with E-state index < -0.39 is 5.97 Å². The van der Waals surface area contributed by atoms with Gasteiger partial charge >= 0.3 is 5.97 Å². The maximum Gasteiger partial charge on any atom is 0.337 e. The van der Waals surface area contributed by atoms with Gasteiger partial charge in [-0.3, -0.25) is 9.88 Å². The lowest BCUT2D eigenvalue weighted by molar-refractivity contribution is -0.270. The predicted molar refractivity (Wildman–Crippen MR) is 56.7 cm³/mol. The lowest BCUT2D eigenvalue weighted by Gasteiger charge is -2.27. The van der Waals surface area contributed by atoms with Crippen molar-refractivity contribution in [2.24, 2.45) is 0 Å². The van der Waals surface area contributed by atoms with Crippen LogP contribution >= 0.6 is 0 Å². The highest BCUT2D eigenvalue weighted by molar-refractivity contribution is 5.87. The molecule has 1 aliphatic rings. The van der Waals surface area contributed by atoms with Crippen LogP contribution in [-0.4, -0.2) is 47.3 Å². The minimum atomic E-state index is -1.13. The van der Waals surface area contributed by atoms with Gasteiger partial charge in [0.2, 0.25) is 0 Å². The van der Waals surface area contributed by atoms with Crippen molar-refractivity contribution >= 4 is 5.97 Å². The Morgan fingerprint density at radius 3 is 2.82 bits per heavy atom. The topological polar surface area (TPSA) is 85.7 Å². The Morgan fingerprint density at radius 1 is 1.53 bits per heavy atom. The summed E-state index contributed by atoms with van der Waals surface area (Å²) in [7, 11) is 0. The highest BCUT2D eigenvalue weighted by Gasteiger charge is 2.12. The number of ether oxygens (including phenoxy) is 1. The summed E-state index contributed by atoms with van der Waals surface area (Å²) < 4.78 is 5.20. The van der Waals surface area contributed by atoms with E-state index in [-0.39, 0.29) is 11.3 Å². The molecule has 0 radical (unpaired) electrons. The zero-order valence-electron chi connectivity index (χ0n) is 9.26. The molecule has 1 aromatic rings. The Hall–Kier alpha value is -1.66. The van der Waals surface area contributed by atoms with Gasteiger partial charge in [0.25, 0.3) is 0 Å². The van der Waals surface area contributed by atoms with Crippen LogP contribution in [0.15, 0.2) is 12.3 Å². The van der Waals surface area contributed by atoms with Crippen LogP contribution in [0.3, 0.4) is 0 Å². The molecule has 92 valence electrons. The van der Waals surface area contributed by atoms with Gasteiger partial charge in [0.05, 0.1) is 18.8 Å². The van der Waals surface area contributed by atoms with Crippen LogP contribution in [-0.2, 0) is 11.3 Å². The standard InChI is InChI=1S/C11H14N2O4/c14-10-5-8(11(15)16)6-12-9(10)7-13-1-3-17-4-2-13/h5-6,14H,1-4,7H2,(H,15,16)/p-1. The first-order chi connectivity index (χ1) is 8.16. The van der Waals surface area contributed by atoms with E-state index in [4.69, 9.17) is 9.84 Å². The van der Waals surface area contributed by atoms with Crippen LogP contribution < -0.4 is 5.11 Å². The molecule has 6 heteroatoms. The summed E-state index contributed by atoms with van der Waals surface area (Å²) in [5.41, 5.74) is 0.317. The van der Waals surface area contributed by atoms with Crippen molar-refractivity contribution in [3.05, 3.63) is 23.5 Å². The average Bonchev–Trinajstić information content (AvgIpc) is 2.33. The molecular formula is C11H13N2O4-. The third-order valence-electron chi connectivity index (χ3n) is 2.65. The molecular weight excluding hydrogens is 224 g/mol. The maximum atomic E-state index is 11.6. The van der Waals surface area contributed by atoms with Crippen molar-refractivity contribution in [2.45, 2.75) is 6.54 Å².